The van der Waals surface area contributed by atoms with Crippen LogP contribution in [0, 0.1) is 0 Å². The second kappa shape index (κ2) is 4.79. The number of hydrogen-bond acceptors (Lipinski definition) is 3. The van der Waals surface area contributed by atoms with Gasteiger partial charge in [0.1, 0.15) is 0 Å². The Morgan fingerprint density at radius 2 is 2.31 bits per heavy atom. The number of thiophene rings is 1. The molecule has 0 aromatic carbocycles. The number of rotatable bonds is 4. The first-order valence-corrected chi connectivity index (χ1v) is 5.46. The maximum absolute atomic E-state index is 9.76. The van der Waals surface area contributed by atoms with E-state index >= 15 is 0 Å². The van der Waals surface area contributed by atoms with Crippen LogP contribution in [0.1, 0.15) is 17.4 Å². The summed E-state index contributed by atoms with van der Waals surface area (Å²) in [4.78, 5) is 1.01. The smallest absolute Gasteiger partial charge is 0.153 e. The van der Waals surface area contributed by atoms with Gasteiger partial charge in [-0.3, -0.25) is 0 Å². The number of hydrogen-bond donors (Lipinski definition) is 2. The third kappa shape index (κ3) is 3.14. The highest BCUT2D eigenvalue weighted by molar-refractivity contribution is 7.10. The van der Waals surface area contributed by atoms with Crippen molar-refractivity contribution in [3.05, 3.63) is 22.4 Å². The Kier molecular flexibility index (Phi) is 3.97. The van der Waals surface area contributed by atoms with Gasteiger partial charge in [-0.25, -0.2) is 0 Å². The summed E-state index contributed by atoms with van der Waals surface area (Å²) in [5.74, 6) is 0.0806. The summed E-state index contributed by atoms with van der Waals surface area (Å²) >= 11 is 1.58. The zero-order valence-corrected chi connectivity index (χ0v) is 8.92. The third-order valence-corrected chi connectivity index (χ3v) is 3.20. The Hall–Kier alpha value is -0.315. The summed E-state index contributed by atoms with van der Waals surface area (Å²) in [5.41, 5.74) is 5.87. The molecule has 0 saturated heterocycles. The van der Waals surface area contributed by atoms with Gasteiger partial charge >= 0.3 is 0 Å². The van der Waals surface area contributed by atoms with E-state index in [0.29, 0.717) is 13.1 Å². The second-order valence-corrected chi connectivity index (χ2v) is 4.65. The number of aliphatic hydroxyl groups excluding tert-OH is 1. The molecule has 0 aliphatic carbocycles. The predicted molar refractivity (Wildman–Crippen MR) is 59.4 cm³/mol. The van der Waals surface area contributed by atoms with E-state index in [9.17, 15) is 5.11 Å². The van der Waals surface area contributed by atoms with Crippen molar-refractivity contribution in [2.24, 2.45) is 5.73 Å². The van der Waals surface area contributed by atoms with Crippen LogP contribution in [0.5, 0.6) is 0 Å². The van der Waals surface area contributed by atoms with Crippen LogP contribution in [0.4, 0.5) is 0 Å². The SMILES string of the molecule is CB(C)C(N)CC(O)c1cccs1. The molecule has 0 aliphatic rings. The highest BCUT2D eigenvalue weighted by Crippen LogP contribution is 2.22. The molecule has 0 fully saturated rings. The van der Waals surface area contributed by atoms with Crippen LogP contribution in [-0.2, 0) is 0 Å². The summed E-state index contributed by atoms with van der Waals surface area (Å²) in [6.07, 6.45) is 0.260. The molecule has 2 atom stereocenters. The molecule has 0 saturated carbocycles. The van der Waals surface area contributed by atoms with Gasteiger partial charge in [0.2, 0.25) is 0 Å². The fraction of sp³-hybridized carbons (Fsp3) is 0.556. The number of aliphatic hydroxyl groups is 1. The largest absolute Gasteiger partial charge is 0.388 e. The standard InChI is InChI=1S/C9H16BNOS/c1-10(2)9(11)6-7(12)8-4-3-5-13-8/h3-5,7,9,12H,6,11H2,1-2H3. The van der Waals surface area contributed by atoms with E-state index in [2.05, 4.69) is 13.6 Å². The van der Waals surface area contributed by atoms with Crippen molar-refractivity contribution in [2.45, 2.75) is 32.1 Å². The fourth-order valence-corrected chi connectivity index (χ4v) is 1.85. The molecular formula is C9H16BNOS. The van der Waals surface area contributed by atoms with Crippen molar-refractivity contribution < 1.29 is 5.11 Å². The van der Waals surface area contributed by atoms with Crippen molar-refractivity contribution in [1.82, 2.24) is 0 Å². The molecule has 72 valence electrons. The molecule has 1 aromatic rings. The Bertz CT molecular complexity index is 238. The van der Waals surface area contributed by atoms with Crippen molar-refractivity contribution in [2.75, 3.05) is 0 Å². The highest BCUT2D eigenvalue weighted by atomic mass is 32.1. The molecule has 2 unspecified atom stereocenters. The second-order valence-electron chi connectivity index (χ2n) is 3.67. The average Bonchev–Trinajstić information content (AvgIpc) is 2.55. The van der Waals surface area contributed by atoms with Gasteiger partial charge in [0.05, 0.1) is 6.10 Å². The van der Waals surface area contributed by atoms with Crippen LogP contribution in [-0.4, -0.2) is 17.8 Å². The maximum atomic E-state index is 9.76. The van der Waals surface area contributed by atoms with Gasteiger partial charge in [0.25, 0.3) is 0 Å². The molecular weight excluding hydrogens is 181 g/mol. The number of nitrogens with two attached hydrogens (primary N) is 1. The van der Waals surface area contributed by atoms with E-state index < -0.39 is 6.10 Å². The predicted octanol–water partition coefficient (Wildman–Crippen LogP) is 1.79. The van der Waals surface area contributed by atoms with Gasteiger partial charge in [-0.1, -0.05) is 19.7 Å². The Balaban J connectivity index is 2.46. The lowest BCUT2D eigenvalue weighted by molar-refractivity contribution is 0.169. The van der Waals surface area contributed by atoms with Crippen LogP contribution in [0.3, 0.4) is 0 Å². The average molecular weight is 197 g/mol. The third-order valence-electron chi connectivity index (χ3n) is 2.22. The molecule has 0 aliphatic heterocycles. The van der Waals surface area contributed by atoms with Crippen molar-refractivity contribution in [3.63, 3.8) is 0 Å². The van der Waals surface area contributed by atoms with Crippen molar-refractivity contribution in [3.8, 4) is 0 Å². The molecule has 1 rings (SSSR count). The minimum Gasteiger partial charge on any atom is -0.388 e. The van der Waals surface area contributed by atoms with Crippen LogP contribution >= 0.6 is 11.3 Å². The first-order chi connectivity index (χ1) is 6.11. The van der Waals surface area contributed by atoms with Gasteiger partial charge in [0.15, 0.2) is 6.71 Å². The minimum atomic E-state index is -0.391. The molecule has 0 radical (unpaired) electrons. The van der Waals surface area contributed by atoms with Gasteiger partial charge in [-0.15, -0.1) is 11.3 Å². The zero-order chi connectivity index (χ0) is 9.84. The molecule has 0 amide bonds. The Morgan fingerprint density at radius 1 is 1.62 bits per heavy atom. The summed E-state index contributed by atoms with van der Waals surface area (Å²) in [5, 5.41) is 11.7. The van der Waals surface area contributed by atoms with Gasteiger partial charge in [-0.2, -0.15) is 0 Å². The minimum absolute atomic E-state index is 0.0806. The lowest BCUT2D eigenvalue weighted by Gasteiger charge is -2.16. The summed E-state index contributed by atoms with van der Waals surface area (Å²) in [6.45, 7) is 4.58. The normalized spacial score (nSPS) is 15.4. The molecule has 1 aromatic heterocycles. The van der Waals surface area contributed by atoms with E-state index in [4.69, 9.17) is 5.73 Å². The highest BCUT2D eigenvalue weighted by Gasteiger charge is 2.17. The summed E-state index contributed by atoms with van der Waals surface area (Å²) in [7, 11) is 0. The molecule has 0 spiro atoms. The van der Waals surface area contributed by atoms with Crippen molar-refractivity contribution in [1.29, 1.82) is 0 Å². The van der Waals surface area contributed by atoms with Crippen LogP contribution in [0.2, 0.25) is 13.6 Å². The molecule has 0 bridgehead atoms. The van der Waals surface area contributed by atoms with Crippen molar-refractivity contribution >= 4 is 18.0 Å². The van der Waals surface area contributed by atoms with E-state index in [1.54, 1.807) is 11.3 Å². The molecule has 1 heterocycles. The van der Waals surface area contributed by atoms with E-state index in [1.807, 2.05) is 17.5 Å². The molecule has 13 heavy (non-hydrogen) atoms. The fourth-order valence-electron chi connectivity index (χ4n) is 1.13. The van der Waals surface area contributed by atoms with Gasteiger partial charge < -0.3 is 10.8 Å². The summed E-state index contributed by atoms with van der Waals surface area (Å²) < 4.78 is 0. The van der Waals surface area contributed by atoms with Crippen LogP contribution in [0.25, 0.3) is 0 Å². The zero-order valence-electron chi connectivity index (χ0n) is 8.10. The topological polar surface area (TPSA) is 46.2 Å². The lowest BCUT2D eigenvalue weighted by Crippen LogP contribution is -2.35. The quantitative estimate of drug-likeness (QED) is 0.723. The first-order valence-electron chi connectivity index (χ1n) is 4.58. The first kappa shape index (κ1) is 10.8. The summed E-state index contributed by atoms with van der Waals surface area (Å²) in [6, 6.07) is 3.90. The van der Waals surface area contributed by atoms with Crippen LogP contribution < -0.4 is 5.73 Å². The monoisotopic (exact) mass is 197 g/mol. The maximum Gasteiger partial charge on any atom is 0.153 e. The van der Waals surface area contributed by atoms with E-state index in [0.717, 1.165) is 4.88 Å². The Labute approximate surface area is 83.9 Å². The lowest BCUT2D eigenvalue weighted by atomic mass is 9.48. The van der Waals surface area contributed by atoms with Gasteiger partial charge in [0, 0.05) is 4.88 Å². The van der Waals surface area contributed by atoms with Gasteiger partial charge in [-0.05, 0) is 23.8 Å². The molecule has 2 nitrogen and oxygen atoms in total. The Morgan fingerprint density at radius 3 is 2.77 bits per heavy atom. The molecule has 3 N–H and O–H groups in total. The van der Waals surface area contributed by atoms with Crippen LogP contribution in [0.15, 0.2) is 17.5 Å². The van der Waals surface area contributed by atoms with E-state index in [1.165, 1.54) is 0 Å². The molecule has 4 heteroatoms. The van der Waals surface area contributed by atoms with E-state index in [-0.39, 0.29) is 5.94 Å².